The number of hydrogen-bond donors (Lipinski definition) is 1. The van der Waals surface area contributed by atoms with Crippen LogP contribution >= 0.6 is 0 Å². The number of allylic oxidation sites excluding steroid dienone is 2. The van der Waals surface area contributed by atoms with E-state index in [2.05, 4.69) is 56.3 Å². The minimum atomic E-state index is -0.351. The molecule has 4 nitrogen and oxygen atoms in total. The zero-order valence-corrected chi connectivity index (χ0v) is 24.0. The van der Waals surface area contributed by atoms with Crippen LogP contribution in [0, 0.1) is 0 Å². The molecule has 210 valence electrons. The van der Waals surface area contributed by atoms with E-state index < -0.39 is 0 Å². The molecule has 0 saturated heterocycles. The molecule has 1 fully saturated rings. The van der Waals surface area contributed by atoms with Crippen LogP contribution in [0.4, 0.5) is 0 Å². The van der Waals surface area contributed by atoms with Gasteiger partial charge in [-0.1, -0.05) is 92.1 Å². The van der Waals surface area contributed by atoms with Gasteiger partial charge in [-0.05, 0) is 86.2 Å². The van der Waals surface area contributed by atoms with Gasteiger partial charge in [-0.2, -0.15) is 0 Å². The zero-order chi connectivity index (χ0) is 28.2. The molecule has 0 spiro atoms. The molecule has 0 aliphatic heterocycles. The van der Waals surface area contributed by atoms with Crippen molar-refractivity contribution < 1.29 is 19.3 Å². The molecule has 3 aromatic rings. The predicted molar refractivity (Wildman–Crippen MR) is 165 cm³/mol. The van der Waals surface area contributed by atoms with E-state index >= 15 is 0 Å². The molecule has 40 heavy (non-hydrogen) atoms. The smallest absolute Gasteiger partial charge is 0.196 e. The minimum absolute atomic E-state index is 0.227. The molecule has 3 aromatic carbocycles. The monoisotopic (exact) mass is 538 g/mol. The van der Waals surface area contributed by atoms with Gasteiger partial charge in [0.2, 0.25) is 0 Å². The topological polar surface area (TPSA) is 47.9 Å². The van der Waals surface area contributed by atoms with Crippen molar-refractivity contribution in [1.29, 1.82) is 0 Å². The van der Waals surface area contributed by atoms with Gasteiger partial charge in [-0.25, -0.2) is 0 Å². The third kappa shape index (κ3) is 10.1. The van der Waals surface area contributed by atoms with Gasteiger partial charge in [0.05, 0.1) is 12.4 Å². The van der Waals surface area contributed by atoms with Crippen molar-refractivity contribution in [3.63, 3.8) is 0 Å². The van der Waals surface area contributed by atoms with Crippen LogP contribution in [-0.4, -0.2) is 23.1 Å². The molecular formula is C36H42O4. The van der Waals surface area contributed by atoms with Gasteiger partial charge in [-0.15, -0.1) is 0 Å². The maximum absolute atomic E-state index is 9.37. The lowest BCUT2D eigenvalue weighted by Gasteiger charge is -2.27. The molecule has 0 heterocycles. The summed E-state index contributed by atoms with van der Waals surface area (Å²) in [5, 5.41) is 9.37. The Morgan fingerprint density at radius 3 is 1.95 bits per heavy atom. The number of hydrogen-bond acceptors (Lipinski definition) is 4. The van der Waals surface area contributed by atoms with Crippen LogP contribution in [0.2, 0.25) is 0 Å². The van der Waals surface area contributed by atoms with E-state index in [0.717, 1.165) is 41.7 Å². The van der Waals surface area contributed by atoms with E-state index in [-0.39, 0.29) is 17.6 Å². The van der Waals surface area contributed by atoms with Gasteiger partial charge in [0.15, 0.2) is 6.29 Å². The van der Waals surface area contributed by atoms with Gasteiger partial charge in [-0.3, -0.25) is 0 Å². The summed E-state index contributed by atoms with van der Waals surface area (Å²) in [4.78, 5) is 0. The third-order valence-electron chi connectivity index (χ3n) is 6.93. The van der Waals surface area contributed by atoms with Crippen molar-refractivity contribution in [3.8, 4) is 11.5 Å². The molecule has 1 N–H and O–H groups in total. The van der Waals surface area contributed by atoms with Crippen molar-refractivity contribution >= 4 is 18.2 Å². The van der Waals surface area contributed by atoms with E-state index in [0.29, 0.717) is 6.10 Å². The largest absolute Gasteiger partial charge is 0.508 e. The Kier molecular flexibility index (Phi) is 10.7. The second-order valence-corrected chi connectivity index (χ2v) is 11.1. The van der Waals surface area contributed by atoms with Crippen LogP contribution in [-0.2, 0) is 15.9 Å². The van der Waals surface area contributed by atoms with Gasteiger partial charge < -0.3 is 19.3 Å². The van der Waals surface area contributed by atoms with E-state index in [1.807, 2.05) is 55.5 Å². The van der Waals surface area contributed by atoms with Crippen molar-refractivity contribution in [3.05, 3.63) is 113 Å². The SMILES string of the molecule is CC(OC=Cc1ccc(CC(C)(C)Oc2ccc(C=CC=Cc3ccc(O)cc3)cc2)cc1)OC1CCCCC1. The first kappa shape index (κ1) is 29.2. The number of phenolic OH excluding ortho intramolecular Hbond substituents is 1. The van der Waals surface area contributed by atoms with E-state index in [9.17, 15) is 5.11 Å². The average molecular weight is 539 g/mol. The van der Waals surface area contributed by atoms with E-state index in [1.165, 1.54) is 24.8 Å². The molecule has 0 bridgehead atoms. The van der Waals surface area contributed by atoms with Gasteiger partial charge in [0.1, 0.15) is 17.1 Å². The number of rotatable bonds is 12. The molecule has 1 unspecified atom stereocenters. The highest BCUT2D eigenvalue weighted by atomic mass is 16.7. The number of benzene rings is 3. The lowest BCUT2D eigenvalue weighted by molar-refractivity contribution is -0.136. The van der Waals surface area contributed by atoms with Crippen molar-refractivity contribution in [2.75, 3.05) is 0 Å². The Bertz CT molecular complexity index is 1250. The molecule has 1 aliphatic carbocycles. The maximum Gasteiger partial charge on any atom is 0.196 e. The van der Waals surface area contributed by atoms with Crippen molar-refractivity contribution in [1.82, 2.24) is 0 Å². The Balaban J connectivity index is 1.22. The van der Waals surface area contributed by atoms with Gasteiger partial charge >= 0.3 is 0 Å². The molecule has 1 atom stereocenters. The van der Waals surface area contributed by atoms with Crippen LogP contribution in [0.1, 0.15) is 75.1 Å². The van der Waals surface area contributed by atoms with Crippen LogP contribution in [0.15, 0.2) is 91.2 Å². The first-order valence-corrected chi connectivity index (χ1v) is 14.3. The summed E-state index contributed by atoms with van der Waals surface area (Å²) in [6.07, 6.45) is 18.8. The number of ether oxygens (including phenoxy) is 3. The standard InChI is InChI=1S/C36H42O4/c1-28(39-34-11-5-4-6-12-34)38-26-25-31-13-15-32(16-14-31)27-36(2,3)40-35-23-19-30(20-24-35)10-8-7-9-29-17-21-33(37)22-18-29/h7-10,13-26,28,34,37H,4-6,11-12,27H2,1-3H3. The number of aromatic hydroxyl groups is 1. The lowest BCUT2D eigenvalue weighted by Crippen LogP contribution is -2.30. The lowest BCUT2D eigenvalue weighted by atomic mass is 9.97. The van der Waals surface area contributed by atoms with E-state index in [1.54, 1.807) is 18.4 Å². The molecule has 1 aliphatic rings. The fourth-order valence-corrected chi connectivity index (χ4v) is 4.89. The second kappa shape index (κ2) is 14.6. The molecule has 0 radical (unpaired) electrons. The fourth-order valence-electron chi connectivity index (χ4n) is 4.89. The highest BCUT2D eigenvalue weighted by Gasteiger charge is 2.20. The molecule has 1 saturated carbocycles. The minimum Gasteiger partial charge on any atom is -0.508 e. The quantitative estimate of drug-likeness (QED) is 0.142. The first-order chi connectivity index (χ1) is 19.3. The number of phenols is 1. The molecule has 0 amide bonds. The van der Waals surface area contributed by atoms with Crippen LogP contribution in [0.3, 0.4) is 0 Å². The second-order valence-electron chi connectivity index (χ2n) is 11.1. The van der Waals surface area contributed by atoms with Crippen LogP contribution in [0.25, 0.3) is 18.2 Å². The molecule has 4 rings (SSSR count). The Hall–Kier alpha value is -3.76. The summed E-state index contributed by atoms with van der Waals surface area (Å²) < 4.78 is 18.1. The predicted octanol–water partition coefficient (Wildman–Crippen LogP) is 9.20. The summed E-state index contributed by atoms with van der Waals surface area (Å²) in [5.74, 6) is 1.12. The summed E-state index contributed by atoms with van der Waals surface area (Å²) in [7, 11) is 0. The van der Waals surface area contributed by atoms with Gasteiger partial charge in [0.25, 0.3) is 0 Å². The Morgan fingerprint density at radius 1 is 0.775 bits per heavy atom. The van der Waals surface area contributed by atoms with Gasteiger partial charge in [0, 0.05) is 6.42 Å². The highest BCUT2D eigenvalue weighted by molar-refractivity contribution is 5.58. The Labute approximate surface area is 239 Å². The van der Waals surface area contributed by atoms with Crippen molar-refractivity contribution in [2.45, 2.75) is 77.3 Å². The third-order valence-corrected chi connectivity index (χ3v) is 6.93. The van der Waals surface area contributed by atoms with Crippen molar-refractivity contribution in [2.24, 2.45) is 0 Å². The average Bonchev–Trinajstić information content (AvgIpc) is 2.94. The summed E-state index contributed by atoms with van der Waals surface area (Å²) in [5.41, 5.74) is 4.10. The Morgan fingerprint density at radius 2 is 1.32 bits per heavy atom. The normalized spacial score (nSPS) is 15.7. The summed E-state index contributed by atoms with van der Waals surface area (Å²) in [6.45, 7) is 6.20. The summed E-state index contributed by atoms with van der Waals surface area (Å²) in [6, 6.07) is 23.8. The molecular weight excluding hydrogens is 496 g/mol. The zero-order valence-electron chi connectivity index (χ0n) is 24.0. The molecule has 4 heteroatoms. The summed E-state index contributed by atoms with van der Waals surface area (Å²) >= 11 is 0. The van der Waals surface area contributed by atoms with Crippen LogP contribution < -0.4 is 4.74 Å². The fraction of sp³-hybridized carbons (Fsp3) is 0.333. The van der Waals surface area contributed by atoms with E-state index in [4.69, 9.17) is 14.2 Å². The first-order valence-electron chi connectivity index (χ1n) is 14.3. The molecule has 0 aromatic heterocycles. The highest BCUT2D eigenvalue weighted by Crippen LogP contribution is 2.24. The maximum atomic E-state index is 9.37. The van der Waals surface area contributed by atoms with Crippen LogP contribution in [0.5, 0.6) is 11.5 Å².